The van der Waals surface area contributed by atoms with Gasteiger partial charge in [-0.25, -0.2) is 0 Å². The standard InChI is InChI=1S/C23H26N2O4S/c1-3-16-14(2)30-22(19(16)21(27)24-13-15-9-5-4-6-10-15)25-20(26)17-11-7-8-12-18(17)23(28)29/h4-10,17-18H,3,11-13H2,1-2H3,(H,24,27)(H,25,26)(H,28,29)/t17-,18-/m0/s1. The van der Waals surface area contributed by atoms with Crippen LogP contribution >= 0.6 is 11.3 Å². The molecule has 0 unspecified atom stereocenters. The van der Waals surface area contributed by atoms with E-state index in [1.807, 2.05) is 50.3 Å². The highest BCUT2D eigenvalue weighted by molar-refractivity contribution is 7.16. The van der Waals surface area contributed by atoms with Gasteiger partial charge >= 0.3 is 5.97 Å². The van der Waals surface area contributed by atoms with E-state index in [0.29, 0.717) is 36.4 Å². The molecule has 0 aliphatic heterocycles. The van der Waals surface area contributed by atoms with E-state index in [9.17, 15) is 19.5 Å². The molecule has 1 aliphatic rings. The highest BCUT2D eigenvalue weighted by Crippen LogP contribution is 2.35. The largest absolute Gasteiger partial charge is 0.481 e. The van der Waals surface area contributed by atoms with Crippen LogP contribution in [0.4, 0.5) is 5.00 Å². The van der Waals surface area contributed by atoms with Crippen LogP contribution in [0.15, 0.2) is 42.5 Å². The summed E-state index contributed by atoms with van der Waals surface area (Å²) in [5, 5.41) is 15.7. The van der Waals surface area contributed by atoms with Crippen molar-refractivity contribution in [3.8, 4) is 0 Å². The van der Waals surface area contributed by atoms with Crippen LogP contribution in [0, 0.1) is 18.8 Å². The molecule has 0 bridgehead atoms. The first-order valence-corrected chi connectivity index (χ1v) is 10.9. The zero-order valence-corrected chi connectivity index (χ0v) is 17.9. The van der Waals surface area contributed by atoms with Crippen LogP contribution < -0.4 is 10.6 Å². The second-order valence-corrected chi connectivity index (χ2v) is 8.57. The summed E-state index contributed by atoms with van der Waals surface area (Å²) in [6.45, 7) is 4.29. The summed E-state index contributed by atoms with van der Waals surface area (Å²) in [5.41, 5.74) is 2.36. The molecule has 30 heavy (non-hydrogen) atoms. The number of thiophene rings is 1. The molecule has 0 fully saturated rings. The fraction of sp³-hybridized carbons (Fsp3) is 0.348. The average molecular weight is 427 g/mol. The number of carboxylic acid groups (broad SMARTS) is 1. The maximum Gasteiger partial charge on any atom is 0.307 e. The number of amides is 2. The maximum atomic E-state index is 13.0. The summed E-state index contributed by atoms with van der Waals surface area (Å²) in [6, 6.07) is 9.62. The van der Waals surface area contributed by atoms with E-state index in [4.69, 9.17) is 0 Å². The molecule has 2 amide bonds. The minimum absolute atomic E-state index is 0.242. The number of rotatable bonds is 7. The molecule has 0 spiro atoms. The molecule has 6 nitrogen and oxygen atoms in total. The van der Waals surface area contributed by atoms with E-state index in [-0.39, 0.29) is 11.8 Å². The van der Waals surface area contributed by atoms with Crippen LogP contribution in [0.3, 0.4) is 0 Å². The number of anilines is 1. The van der Waals surface area contributed by atoms with E-state index < -0.39 is 17.8 Å². The van der Waals surface area contributed by atoms with E-state index in [2.05, 4.69) is 10.6 Å². The molecule has 1 aromatic heterocycles. The van der Waals surface area contributed by atoms with Gasteiger partial charge in [0.25, 0.3) is 5.91 Å². The molecule has 2 atom stereocenters. The fourth-order valence-corrected chi connectivity index (χ4v) is 4.93. The van der Waals surface area contributed by atoms with Gasteiger partial charge in [-0.05, 0) is 37.3 Å². The van der Waals surface area contributed by atoms with Crippen LogP contribution in [0.25, 0.3) is 0 Å². The molecule has 0 saturated carbocycles. The average Bonchev–Trinajstić information content (AvgIpc) is 3.07. The second kappa shape index (κ2) is 9.71. The Hall–Kier alpha value is -2.93. The van der Waals surface area contributed by atoms with Crippen LogP contribution in [-0.2, 0) is 22.6 Å². The molecule has 1 aliphatic carbocycles. The van der Waals surface area contributed by atoms with Gasteiger partial charge in [0.1, 0.15) is 5.00 Å². The van der Waals surface area contributed by atoms with Crippen molar-refractivity contribution in [2.45, 2.75) is 39.7 Å². The Balaban J connectivity index is 1.81. The normalized spacial score (nSPS) is 18.1. The van der Waals surface area contributed by atoms with E-state index in [1.165, 1.54) is 11.3 Å². The van der Waals surface area contributed by atoms with Crippen molar-refractivity contribution in [1.29, 1.82) is 0 Å². The first-order chi connectivity index (χ1) is 14.4. The van der Waals surface area contributed by atoms with Crippen LogP contribution in [0.1, 0.15) is 46.1 Å². The van der Waals surface area contributed by atoms with Crippen LogP contribution in [-0.4, -0.2) is 22.9 Å². The number of carboxylic acids is 1. The number of hydrogen-bond acceptors (Lipinski definition) is 4. The van der Waals surface area contributed by atoms with Crippen molar-refractivity contribution >= 4 is 34.1 Å². The predicted molar refractivity (Wildman–Crippen MR) is 118 cm³/mol. The summed E-state index contributed by atoms with van der Waals surface area (Å²) in [4.78, 5) is 38.4. The number of nitrogens with one attached hydrogen (secondary N) is 2. The molecular weight excluding hydrogens is 400 g/mol. The van der Waals surface area contributed by atoms with Gasteiger partial charge in [0.05, 0.1) is 17.4 Å². The molecule has 0 radical (unpaired) electrons. The van der Waals surface area contributed by atoms with Gasteiger partial charge in [-0.3, -0.25) is 14.4 Å². The Kier molecular flexibility index (Phi) is 7.05. The number of aryl methyl sites for hydroxylation is 1. The van der Waals surface area contributed by atoms with Crippen molar-refractivity contribution in [3.63, 3.8) is 0 Å². The van der Waals surface area contributed by atoms with Gasteiger partial charge in [0.2, 0.25) is 5.91 Å². The minimum Gasteiger partial charge on any atom is -0.481 e. The number of allylic oxidation sites excluding steroid dienone is 2. The zero-order valence-electron chi connectivity index (χ0n) is 17.1. The highest BCUT2D eigenvalue weighted by atomic mass is 32.1. The molecule has 2 aromatic rings. The Labute approximate surface area is 180 Å². The zero-order chi connectivity index (χ0) is 21.7. The Bertz CT molecular complexity index is 965. The quantitative estimate of drug-likeness (QED) is 0.580. The lowest BCUT2D eigenvalue weighted by Gasteiger charge is -2.24. The van der Waals surface area contributed by atoms with Crippen LogP contribution in [0.2, 0.25) is 0 Å². The molecule has 3 rings (SSSR count). The Morgan fingerprint density at radius 3 is 2.40 bits per heavy atom. The third kappa shape index (κ3) is 4.79. The van der Waals surface area contributed by atoms with Crippen molar-refractivity contribution in [1.82, 2.24) is 5.32 Å². The molecule has 1 heterocycles. The summed E-state index contributed by atoms with van der Waals surface area (Å²) in [6.07, 6.45) is 5.02. The lowest BCUT2D eigenvalue weighted by atomic mass is 9.82. The summed E-state index contributed by atoms with van der Waals surface area (Å²) in [5.74, 6) is -2.98. The van der Waals surface area contributed by atoms with Gasteiger partial charge in [0.15, 0.2) is 0 Å². The van der Waals surface area contributed by atoms with Gasteiger partial charge in [-0.2, -0.15) is 0 Å². The molecule has 1 aromatic carbocycles. The van der Waals surface area contributed by atoms with Gasteiger partial charge in [-0.15, -0.1) is 11.3 Å². The third-order valence-electron chi connectivity index (χ3n) is 5.41. The van der Waals surface area contributed by atoms with Gasteiger partial charge in [0, 0.05) is 11.4 Å². The SMILES string of the molecule is CCc1c(C)sc(NC(=O)[C@H]2CC=CC[C@@H]2C(=O)O)c1C(=O)NCc1ccccc1. The fourth-order valence-electron chi connectivity index (χ4n) is 3.78. The molecule has 158 valence electrons. The van der Waals surface area contributed by atoms with E-state index in [1.54, 1.807) is 6.08 Å². The van der Waals surface area contributed by atoms with Gasteiger partial charge < -0.3 is 15.7 Å². The number of aliphatic carboxylic acids is 1. The number of hydrogen-bond donors (Lipinski definition) is 3. The Morgan fingerprint density at radius 1 is 1.10 bits per heavy atom. The summed E-state index contributed by atoms with van der Waals surface area (Å²) < 4.78 is 0. The number of carbonyl (C=O) groups excluding carboxylic acids is 2. The lowest BCUT2D eigenvalue weighted by molar-refractivity contribution is -0.146. The second-order valence-electron chi connectivity index (χ2n) is 7.35. The molecule has 7 heteroatoms. The first-order valence-electron chi connectivity index (χ1n) is 10.0. The maximum absolute atomic E-state index is 13.0. The number of carbonyl (C=O) groups is 3. The number of benzene rings is 1. The molecule has 3 N–H and O–H groups in total. The topological polar surface area (TPSA) is 95.5 Å². The lowest BCUT2D eigenvalue weighted by Crippen LogP contribution is -2.35. The summed E-state index contributed by atoms with van der Waals surface area (Å²) >= 11 is 1.36. The van der Waals surface area contributed by atoms with E-state index >= 15 is 0 Å². The van der Waals surface area contributed by atoms with Crippen molar-refractivity contribution in [2.75, 3.05) is 5.32 Å². The minimum atomic E-state index is -0.975. The highest BCUT2D eigenvalue weighted by Gasteiger charge is 2.35. The monoisotopic (exact) mass is 426 g/mol. The Morgan fingerprint density at radius 2 is 1.77 bits per heavy atom. The van der Waals surface area contributed by atoms with Gasteiger partial charge in [-0.1, -0.05) is 49.4 Å². The van der Waals surface area contributed by atoms with Crippen LogP contribution in [0.5, 0.6) is 0 Å². The van der Waals surface area contributed by atoms with Crippen molar-refractivity contribution in [2.24, 2.45) is 11.8 Å². The molecule has 0 saturated heterocycles. The van der Waals surface area contributed by atoms with E-state index in [0.717, 1.165) is 16.0 Å². The first kappa shape index (κ1) is 21.8. The smallest absolute Gasteiger partial charge is 0.307 e. The summed E-state index contributed by atoms with van der Waals surface area (Å²) in [7, 11) is 0. The molecular formula is C23H26N2O4S. The third-order valence-corrected chi connectivity index (χ3v) is 6.47. The predicted octanol–water partition coefficient (Wildman–Crippen LogP) is 4.15. The van der Waals surface area contributed by atoms with Crippen molar-refractivity contribution < 1.29 is 19.5 Å². The van der Waals surface area contributed by atoms with Crippen molar-refractivity contribution in [3.05, 3.63) is 64.1 Å².